The summed E-state index contributed by atoms with van der Waals surface area (Å²) in [6.45, 7) is 11.6. The van der Waals surface area contributed by atoms with Crippen molar-refractivity contribution >= 4 is 23.3 Å². The van der Waals surface area contributed by atoms with Crippen molar-refractivity contribution in [2.75, 3.05) is 36.4 Å². The number of piperazine rings is 1. The molecule has 1 aromatic carbocycles. The first kappa shape index (κ1) is 26.0. The number of nitrogens with zero attached hydrogens (tertiary/aromatic N) is 6. The SMILES string of the molecule is CC(C)(C)OC(=O)N1CCN(c2ccc(-n3cc(Nc4cccc(C#N)n4)c(C(C)(C)O)n3)cc2)CC1. The summed E-state index contributed by atoms with van der Waals surface area (Å²) in [5.74, 6) is 0.491. The minimum atomic E-state index is -1.20. The van der Waals surface area contributed by atoms with E-state index in [0.29, 0.717) is 49.1 Å². The Bertz CT molecular complexity index is 1290. The number of amides is 1. The van der Waals surface area contributed by atoms with Gasteiger partial charge in [-0.05, 0) is 71.0 Å². The predicted molar refractivity (Wildman–Crippen MR) is 141 cm³/mol. The highest BCUT2D eigenvalue weighted by atomic mass is 16.6. The standard InChI is InChI=1S/C27H33N7O3/c1-26(2,3)37-25(35)33-15-13-32(14-16-33)20-9-11-21(12-10-20)34-18-22(24(31-34)27(4,5)36)30-23-8-6-7-19(17-28)29-23/h6-12,18,36H,13-16H2,1-5H3,(H,29,30). The number of nitrogens with one attached hydrogen (secondary N) is 1. The van der Waals surface area contributed by atoms with Gasteiger partial charge in [0.1, 0.15) is 34.5 Å². The number of rotatable bonds is 5. The number of aliphatic hydroxyl groups is 1. The van der Waals surface area contributed by atoms with E-state index in [4.69, 9.17) is 10.00 Å². The number of hydrogen-bond acceptors (Lipinski definition) is 8. The van der Waals surface area contributed by atoms with E-state index in [2.05, 4.69) is 20.3 Å². The zero-order valence-corrected chi connectivity index (χ0v) is 21.9. The third-order valence-corrected chi connectivity index (χ3v) is 5.83. The van der Waals surface area contributed by atoms with Gasteiger partial charge in [-0.15, -0.1) is 0 Å². The molecular weight excluding hydrogens is 470 g/mol. The second-order valence-electron chi connectivity index (χ2n) is 10.5. The van der Waals surface area contributed by atoms with E-state index in [1.54, 1.807) is 47.8 Å². The number of ether oxygens (including phenoxy) is 1. The molecule has 3 heterocycles. The molecule has 194 valence electrons. The Hall–Kier alpha value is -4.10. The zero-order chi connectivity index (χ0) is 26.8. The van der Waals surface area contributed by atoms with E-state index in [0.717, 1.165) is 11.4 Å². The Kier molecular flexibility index (Phi) is 7.09. The fourth-order valence-corrected chi connectivity index (χ4v) is 4.04. The molecule has 0 bridgehead atoms. The highest BCUT2D eigenvalue weighted by Gasteiger charge is 2.27. The van der Waals surface area contributed by atoms with Gasteiger partial charge in [0.25, 0.3) is 0 Å². The van der Waals surface area contributed by atoms with E-state index in [9.17, 15) is 9.90 Å². The summed E-state index contributed by atoms with van der Waals surface area (Å²) in [6, 6.07) is 15.1. The van der Waals surface area contributed by atoms with Crippen molar-refractivity contribution in [1.82, 2.24) is 19.7 Å². The van der Waals surface area contributed by atoms with Crippen LogP contribution in [0.1, 0.15) is 46.0 Å². The molecule has 0 saturated carbocycles. The number of anilines is 3. The Morgan fingerprint density at radius 3 is 2.27 bits per heavy atom. The quantitative estimate of drug-likeness (QED) is 0.533. The first-order valence-corrected chi connectivity index (χ1v) is 12.2. The van der Waals surface area contributed by atoms with E-state index >= 15 is 0 Å². The smallest absolute Gasteiger partial charge is 0.410 e. The van der Waals surface area contributed by atoms with Crippen molar-refractivity contribution in [2.24, 2.45) is 0 Å². The van der Waals surface area contributed by atoms with Crippen LogP contribution in [0.2, 0.25) is 0 Å². The van der Waals surface area contributed by atoms with Gasteiger partial charge >= 0.3 is 6.09 Å². The number of carbonyl (C=O) groups is 1. The van der Waals surface area contributed by atoms with Crippen LogP contribution in [0, 0.1) is 11.3 Å². The lowest BCUT2D eigenvalue weighted by Crippen LogP contribution is -2.50. The fourth-order valence-electron chi connectivity index (χ4n) is 4.04. The lowest BCUT2D eigenvalue weighted by atomic mass is 10.0. The van der Waals surface area contributed by atoms with Crippen molar-refractivity contribution in [1.29, 1.82) is 5.26 Å². The van der Waals surface area contributed by atoms with Gasteiger partial charge in [0.05, 0.1) is 17.6 Å². The maximum Gasteiger partial charge on any atom is 0.410 e. The van der Waals surface area contributed by atoms with Crippen LogP contribution in [-0.4, -0.2) is 62.6 Å². The van der Waals surface area contributed by atoms with Gasteiger partial charge in [0.15, 0.2) is 0 Å². The van der Waals surface area contributed by atoms with Crippen LogP contribution in [0.3, 0.4) is 0 Å². The average Bonchev–Trinajstić information content (AvgIpc) is 3.28. The molecule has 1 saturated heterocycles. The zero-order valence-electron chi connectivity index (χ0n) is 21.9. The lowest BCUT2D eigenvalue weighted by Gasteiger charge is -2.36. The first-order chi connectivity index (χ1) is 17.4. The topological polar surface area (TPSA) is 120 Å². The summed E-state index contributed by atoms with van der Waals surface area (Å²) >= 11 is 0. The summed E-state index contributed by atoms with van der Waals surface area (Å²) in [5, 5.41) is 27.7. The first-order valence-electron chi connectivity index (χ1n) is 12.2. The van der Waals surface area contributed by atoms with Gasteiger partial charge in [0.2, 0.25) is 0 Å². The second-order valence-corrected chi connectivity index (χ2v) is 10.5. The maximum atomic E-state index is 12.3. The van der Waals surface area contributed by atoms with Crippen molar-refractivity contribution in [3.8, 4) is 11.8 Å². The third-order valence-electron chi connectivity index (χ3n) is 5.83. The second kappa shape index (κ2) is 10.1. The molecule has 0 unspecified atom stereocenters. The molecule has 1 amide bonds. The highest BCUT2D eigenvalue weighted by Crippen LogP contribution is 2.30. The molecule has 10 heteroatoms. The minimum absolute atomic E-state index is 0.275. The molecule has 2 aromatic heterocycles. The van der Waals surface area contributed by atoms with Gasteiger partial charge < -0.3 is 25.0 Å². The number of pyridine rings is 1. The van der Waals surface area contributed by atoms with Gasteiger partial charge in [-0.3, -0.25) is 0 Å². The molecule has 1 aliphatic rings. The largest absolute Gasteiger partial charge is 0.444 e. The average molecular weight is 504 g/mol. The minimum Gasteiger partial charge on any atom is -0.444 e. The number of hydrogen-bond donors (Lipinski definition) is 2. The summed E-state index contributed by atoms with van der Waals surface area (Å²) in [4.78, 5) is 20.6. The number of nitriles is 1. The molecule has 2 N–H and O–H groups in total. The van der Waals surface area contributed by atoms with Crippen molar-refractivity contribution in [3.63, 3.8) is 0 Å². The van der Waals surface area contributed by atoms with Crippen molar-refractivity contribution < 1.29 is 14.6 Å². The summed E-state index contributed by atoms with van der Waals surface area (Å²) in [5.41, 5.74) is 1.52. The van der Waals surface area contributed by atoms with E-state index < -0.39 is 11.2 Å². The van der Waals surface area contributed by atoms with Gasteiger partial charge in [-0.1, -0.05) is 6.07 Å². The molecule has 3 aromatic rings. The number of aromatic nitrogens is 3. The van der Waals surface area contributed by atoms with Crippen LogP contribution < -0.4 is 10.2 Å². The molecule has 37 heavy (non-hydrogen) atoms. The van der Waals surface area contributed by atoms with Crippen LogP contribution in [0.5, 0.6) is 0 Å². The monoisotopic (exact) mass is 503 g/mol. The molecule has 1 aliphatic heterocycles. The Labute approximate surface area is 217 Å². The molecule has 0 atom stereocenters. The normalized spacial score (nSPS) is 14.3. The molecule has 4 rings (SSSR count). The van der Waals surface area contributed by atoms with Gasteiger partial charge in [0, 0.05) is 31.9 Å². The summed E-state index contributed by atoms with van der Waals surface area (Å²) < 4.78 is 7.19. The summed E-state index contributed by atoms with van der Waals surface area (Å²) in [6.07, 6.45) is 1.52. The van der Waals surface area contributed by atoms with Gasteiger partial charge in [-0.25, -0.2) is 14.5 Å². The number of carbonyl (C=O) groups excluding carboxylic acids is 1. The van der Waals surface area contributed by atoms with Crippen LogP contribution >= 0.6 is 0 Å². The lowest BCUT2D eigenvalue weighted by molar-refractivity contribution is 0.0240. The van der Waals surface area contributed by atoms with E-state index in [-0.39, 0.29) is 6.09 Å². The van der Waals surface area contributed by atoms with Crippen LogP contribution in [0.25, 0.3) is 5.69 Å². The Balaban J connectivity index is 1.48. The molecule has 1 fully saturated rings. The predicted octanol–water partition coefficient (Wildman–Crippen LogP) is 4.17. The third kappa shape index (κ3) is 6.37. The maximum absolute atomic E-state index is 12.3. The summed E-state index contributed by atoms with van der Waals surface area (Å²) in [7, 11) is 0. The van der Waals surface area contributed by atoms with Gasteiger partial charge in [-0.2, -0.15) is 10.4 Å². The van der Waals surface area contributed by atoms with Crippen molar-refractivity contribution in [3.05, 3.63) is 60.0 Å². The molecule has 0 aliphatic carbocycles. The highest BCUT2D eigenvalue weighted by molar-refractivity contribution is 5.68. The van der Waals surface area contributed by atoms with E-state index in [1.807, 2.05) is 51.1 Å². The fraction of sp³-hybridized carbons (Fsp3) is 0.407. The molecule has 0 radical (unpaired) electrons. The van der Waals surface area contributed by atoms with Crippen LogP contribution in [0.4, 0.5) is 22.0 Å². The van der Waals surface area contributed by atoms with Crippen molar-refractivity contribution in [2.45, 2.75) is 45.8 Å². The van der Waals surface area contributed by atoms with E-state index in [1.165, 1.54) is 0 Å². The number of benzene rings is 1. The Morgan fingerprint density at radius 1 is 1.03 bits per heavy atom. The molecule has 0 spiro atoms. The molecular formula is C27H33N7O3. The van der Waals surface area contributed by atoms with Crippen LogP contribution in [-0.2, 0) is 10.3 Å². The Morgan fingerprint density at radius 2 is 1.68 bits per heavy atom. The van der Waals surface area contributed by atoms with Crippen LogP contribution in [0.15, 0.2) is 48.7 Å². The molecule has 10 nitrogen and oxygen atoms in total.